The number of para-hydroxylation sites is 2. The van der Waals surface area contributed by atoms with Gasteiger partial charge in [0, 0.05) is 34.3 Å². The zero-order valence-corrected chi connectivity index (χ0v) is 29.5. The van der Waals surface area contributed by atoms with Crippen LogP contribution in [0.2, 0.25) is 0 Å². The topological polar surface area (TPSA) is 84.3 Å². The molecule has 8 rings (SSSR count). The molecule has 0 unspecified atom stereocenters. The number of ketones is 1. The van der Waals surface area contributed by atoms with Gasteiger partial charge in [-0.15, -0.1) is 0 Å². The van der Waals surface area contributed by atoms with Crippen molar-refractivity contribution < 1.29 is 14.6 Å². The second-order valence-corrected chi connectivity index (χ2v) is 15.8. The number of nitrogens with one attached hydrogen (secondary N) is 1. The number of phenolic OH excluding ortho intramolecular Hbond substituents is 1. The molecule has 5 aromatic carbocycles. The van der Waals surface area contributed by atoms with Crippen molar-refractivity contribution in [2.45, 2.75) is 46.5 Å². The molecule has 0 fully saturated rings. The summed E-state index contributed by atoms with van der Waals surface area (Å²) < 4.78 is 7.85. The van der Waals surface area contributed by atoms with Crippen molar-refractivity contribution in [3.05, 3.63) is 126 Å². The highest BCUT2D eigenvalue weighted by molar-refractivity contribution is 7.22. The van der Waals surface area contributed by atoms with Gasteiger partial charge in [-0.2, -0.15) is 0 Å². The molecule has 2 aromatic heterocycles. The molecular weight excluding hydrogens is 639 g/mol. The van der Waals surface area contributed by atoms with Crippen LogP contribution in [0.1, 0.15) is 62.5 Å². The van der Waals surface area contributed by atoms with Crippen LogP contribution in [0.25, 0.3) is 43.4 Å². The van der Waals surface area contributed by atoms with Crippen LogP contribution >= 0.6 is 11.3 Å². The van der Waals surface area contributed by atoms with Gasteiger partial charge >= 0.3 is 0 Å². The maximum Gasteiger partial charge on any atom is 0.196 e. The average molecular weight is 676 g/mol. The van der Waals surface area contributed by atoms with E-state index < -0.39 is 0 Å². The zero-order valence-electron chi connectivity index (χ0n) is 28.7. The first-order valence-corrected chi connectivity index (χ1v) is 17.6. The van der Waals surface area contributed by atoms with Crippen molar-refractivity contribution in [1.29, 1.82) is 0 Å². The molecule has 0 spiro atoms. The van der Waals surface area contributed by atoms with E-state index >= 15 is 0 Å². The number of nitrogens with zero attached hydrogens (tertiary/aromatic N) is 2. The summed E-state index contributed by atoms with van der Waals surface area (Å²) in [5, 5.41) is 16.6. The van der Waals surface area contributed by atoms with Gasteiger partial charge in [0.05, 0.1) is 32.5 Å². The van der Waals surface area contributed by atoms with E-state index in [-0.39, 0.29) is 22.4 Å². The van der Waals surface area contributed by atoms with E-state index in [0.717, 1.165) is 27.8 Å². The number of hydrogen-bond donors (Lipinski definition) is 2. The average Bonchev–Trinajstić information content (AvgIpc) is 3.49. The normalized spacial score (nSPS) is 12.7. The number of aromatic hydroxyl groups is 1. The monoisotopic (exact) mass is 675 g/mol. The van der Waals surface area contributed by atoms with Gasteiger partial charge in [0.15, 0.2) is 10.9 Å². The molecule has 2 heterocycles. The first-order chi connectivity index (χ1) is 24.0. The number of hydrogen-bond acceptors (Lipinski definition) is 7. The lowest BCUT2D eigenvalue weighted by molar-refractivity contribution is 0.104. The molecule has 7 aromatic rings. The second kappa shape index (κ2) is 11.8. The molecule has 2 N–H and O–H groups in total. The zero-order chi connectivity index (χ0) is 34.8. The lowest BCUT2D eigenvalue weighted by Crippen LogP contribution is -2.24. The highest BCUT2D eigenvalue weighted by Crippen LogP contribution is 2.50. The Morgan fingerprint density at radius 1 is 0.780 bits per heavy atom. The molecule has 0 amide bonds. The summed E-state index contributed by atoms with van der Waals surface area (Å²) >= 11 is 1.53. The molecule has 1 aliphatic rings. The molecule has 248 valence electrons. The third-order valence-electron chi connectivity index (χ3n) is 9.34. The van der Waals surface area contributed by atoms with Crippen LogP contribution < -0.4 is 10.1 Å². The predicted octanol–water partition coefficient (Wildman–Crippen LogP) is 11.7. The van der Waals surface area contributed by atoms with Crippen molar-refractivity contribution >= 4 is 48.9 Å². The molecular formula is C43H37N3O3S. The van der Waals surface area contributed by atoms with Gasteiger partial charge < -0.3 is 15.2 Å². The molecule has 0 atom stereocenters. The Kier molecular flexibility index (Phi) is 7.49. The molecule has 0 bridgehead atoms. The van der Waals surface area contributed by atoms with Crippen LogP contribution in [0.3, 0.4) is 0 Å². The molecule has 7 heteroatoms. The Hall–Kier alpha value is -5.53. The Bertz CT molecular complexity index is 2420. The highest BCUT2D eigenvalue weighted by atomic mass is 32.1. The summed E-state index contributed by atoms with van der Waals surface area (Å²) in [4.78, 5) is 24.3. The summed E-state index contributed by atoms with van der Waals surface area (Å²) in [7, 11) is 0. The number of pyridine rings is 1. The van der Waals surface area contributed by atoms with Crippen LogP contribution in [0.15, 0.2) is 109 Å². The lowest BCUT2D eigenvalue weighted by atomic mass is 9.72. The maximum atomic E-state index is 14.5. The van der Waals surface area contributed by atoms with Gasteiger partial charge in [0.2, 0.25) is 0 Å². The van der Waals surface area contributed by atoms with Gasteiger partial charge in [-0.1, -0.05) is 107 Å². The van der Waals surface area contributed by atoms with E-state index in [4.69, 9.17) is 14.7 Å². The number of phenols is 1. The van der Waals surface area contributed by atoms with Gasteiger partial charge in [0.1, 0.15) is 17.2 Å². The summed E-state index contributed by atoms with van der Waals surface area (Å²) in [6, 6.07) is 32.9. The van der Waals surface area contributed by atoms with E-state index in [1.807, 2.05) is 78.9 Å². The summed E-state index contributed by atoms with van der Waals surface area (Å²) in [6.07, 6.45) is 2.83. The molecule has 0 aliphatic heterocycles. The Morgan fingerprint density at radius 2 is 1.46 bits per heavy atom. The smallest absolute Gasteiger partial charge is 0.196 e. The summed E-state index contributed by atoms with van der Waals surface area (Å²) in [6.45, 7) is 11.4. The number of ether oxygens (including phenoxy) is 1. The second-order valence-electron chi connectivity index (χ2n) is 14.8. The van der Waals surface area contributed by atoms with Gasteiger partial charge in [-0.3, -0.25) is 9.78 Å². The van der Waals surface area contributed by atoms with Crippen LogP contribution in [0, 0.1) is 5.41 Å². The number of benzene rings is 5. The maximum absolute atomic E-state index is 14.5. The minimum absolute atomic E-state index is 0.0267. The van der Waals surface area contributed by atoms with Crippen molar-refractivity contribution in [2.24, 2.45) is 5.41 Å². The van der Waals surface area contributed by atoms with Crippen molar-refractivity contribution in [1.82, 2.24) is 9.97 Å². The minimum Gasteiger partial charge on any atom is -0.507 e. The third-order valence-corrected chi connectivity index (χ3v) is 10.3. The van der Waals surface area contributed by atoms with E-state index in [9.17, 15) is 9.90 Å². The van der Waals surface area contributed by atoms with Gasteiger partial charge in [-0.05, 0) is 64.8 Å². The predicted molar refractivity (Wildman–Crippen MR) is 204 cm³/mol. The third kappa shape index (κ3) is 5.57. The fourth-order valence-corrected chi connectivity index (χ4v) is 8.42. The van der Waals surface area contributed by atoms with E-state index in [1.165, 1.54) is 16.9 Å². The number of fused-ring (bicyclic) bond motifs is 3. The van der Waals surface area contributed by atoms with Crippen molar-refractivity contribution in [3.63, 3.8) is 0 Å². The number of anilines is 2. The molecule has 1 aliphatic carbocycles. The summed E-state index contributed by atoms with van der Waals surface area (Å²) in [5.41, 5.74) is 6.67. The molecule has 0 saturated carbocycles. The van der Waals surface area contributed by atoms with Crippen molar-refractivity contribution in [3.8, 4) is 39.6 Å². The number of carbonyl (C=O) groups excluding carboxylic acids is 1. The van der Waals surface area contributed by atoms with E-state index in [2.05, 4.69) is 52.1 Å². The number of carbonyl (C=O) groups is 1. The highest BCUT2D eigenvalue weighted by Gasteiger charge is 2.33. The fraction of sp³-hybridized carbons (Fsp3) is 0.186. The largest absolute Gasteiger partial charge is 0.507 e. The molecule has 0 saturated heterocycles. The Morgan fingerprint density at radius 3 is 2.18 bits per heavy atom. The van der Waals surface area contributed by atoms with Gasteiger partial charge in [0.25, 0.3) is 0 Å². The molecule has 6 nitrogen and oxygen atoms in total. The van der Waals surface area contributed by atoms with Crippen molar-refractivity contribution in [2.75, 3.05) is 5.32 Å². The number of thiazole rings is 1. The van der Waals surface area contributed by atoms with Crippen LogP contribution in [-0.4, -0.2) is 20.9 Å². The standard InChI is InChI=1S/C43H37N3O3S/c1-42(2,3)24-43(4,5)25-18-20-26(21-19-25)49-34-22-32(46-41-45-31-15-9-11-17-35(31)50-41)37-36-30(27-12-6-7-13-28(27)40(37)48)23-44-39(38(34)36)29-14-8-10-16-33(29)47/h6-23,47H,24H2,1-5H3,(H,45,46). The van der Waals surface area contributed by atoms with E-state index in [0.29, 0.717) is 55.5 Å². The quantitative estimate of drug-likeness (QED) is 0.175. The Labute approximate surface area is 295 Å². The lowest BCUT2D eigenvalue weighted by Gasteiger charge is -2.33. The first kappa shape index (κ1) is 31.7. The summed E-state index contributed by atoms with van der Waals surface area (Å²) in [5.74, 6) is 1.15. The minimum atomic E-state index is -0.104. The number of rotatable bonds is 7. The SMILES string of the molecule is CC(C)(C)CC(C)(C)c1ccc(Oc2cc(Nc3nc4ccccc4s3)c3c4c(cnc(-c5ccccc5O)c24)-c2ccccc2C3=O)cc1. The van der Waals surface area contributed by atoms with Crippen LogP contribution in [0.4, 0.5) is 10.8 Å². The first-order valence-electron chi connectivity index (χ1n) is 16.8. The molecule has 0 radical (unpaired) electrons. The fourth-order valence-electron chi connectivity index (χ4n) is 7.54. The van der Waals surface area contributed by atoms with Crippen LogP contribution in [0.5, 0.6) is 17.2 Å². The van der Waals surface area contributed by atoms with Gasteiger partial charge in [-0.25, -0.2) is 4.98 Å². The van der Waals surface area contributed by atoms with E-state index in [1.54, 1.807) is 18.3 Å². The van der Waals surface area contributed by atoms with Crippen LogP contribution in [-0.2, 0) is 5.41 Å². The Balaban J connectivity index is 1.36. The number of aromatic nitrogens is 2. The molecule has 50 heavy (non-hydrogen) atoms.